The lowest BCUT2D eigenvalue weighted by molar-refractivity contribution is 0.285. The Morgan fingerprint density at radius 3 is 2.50 bits per heavy atom. The number of aliphatic hydroxyl groups excluding tert-OH is 1. The predicted octanol–water partition coefficient (Wildman–Crippen LogP) is 3.16. The van der Waals surface area contributed by atoms with Crippen molar-refractivity contribution in [3.63, 3.8) is 0 Å². The second-order valence-corrected chi connectivity index (χ2v) is 7.80. The minimum absolute atomic E-state index is 0.150. The fraction of sp³-hybridized carbons (Fsp3) is 0.286. The molecule has 0 bridgehead atoms. The van der Waals surface area contributed by atoms with Crippen LogP contribution in [0.2, 0.25) is 0 Å². The normalized spacial score (nSPS) is 11.8. The number of aliphatic hydroxyl groups is 1. The molecule has 20 heavy (non-hydrogen) atoms. The Labute approximate surface area is 123 Å². The van der Waals surface area contributed by atoms with Crippen molar-refractivity contribution in [1.29, 1.82) is 0 Å². The fourth-order valence-electron chi connectivity index (χ4n) is 1.88. The zero-order valence-corrected chi connectivity index (χ0v) is 13.0. The van der Waals surface area contributed by atoms with Crippen LogP contribution in [0, 0.1) is 0 Å². The molecular weight excluding hydrogens is 294 g/mol. The lowest BCUT2D eigenvalue weighted by Crippen LogP contribution is -2.13. The monoisotopic (exact) mass is 311 g/mol. The van der Waals surface area contributed by atoms with Gasteiger partial charge in [0.2, 0.25) is 0 Å². The first kappa shape index (κ1) is 15.0. The average Bonchev–Trinajstić information content (AvgIpc) is 2.88. The molecule has 0 spiro atoms. The Bertz CT molecular complexity index is 690. The summed E-state index contributed by atoms with van der Waals surface area (Å²) < 4.78 is 27.5. The van der Waals surface area contributed by atoms with Gasteiger partial charge in [-0.15, -0.1) is 11.3 Å². The Hall–Kier alpha value is -1.37. The van der Waals surface area contributed by atoms with Crippen LogP contribution in [0.25, 0.3) is 0 Å². The van der Waals surface area contributed by atoms with E-state index in [-0.39, 0.29) is 16.7 Å². The van der Waals surface area contributed by atoms with E-state index in [9.17, 15) is 8.42 Å². The fourth-order valence-corrected chi connectivity index (χ4v) is 4.18. The number of anilines is 1. The second kappa shape index (κ2) is 5.95. The molecule has 2 N–H and O–H groups in total. The molecule has 1 heterocycles. The summed E-state index contributed by atoms with van der Waals surface area (Å²) in [5.41, 5.74) is 1.55. The highest BCUT2D eigenvalue weighted by Crippen LogP contribution is 2.28. The summed E-state index contributed by atoms with van der Waals surface area (Å²) in [6.07, 6.45) is 0. The molecule has 2 rings (SSSR count). The first-order valence-corrected chi connectivity index (χ1v) is 8.55. The van der Waals surface area contributed by atoms with Crippen LogP contribution in [0.4, 0.5) is 5.69 Å². The van der Waals surface area contributed by atoms with Crippen LogP contribution in [0.5, 0.6) is 0 Å². The summed E-state index contributed by atoms with van der Waals surface area (Å²) in [6, 6.07) is 10.5. The van der Waals surface area contributed by atoms with E-state index in [0.29, 0.717) is 10.6 Å². The maximum Gasteiger partial charge on any atom is 0.271 e. The van der Waals surface area contributed by atoms with E-state index < -0.39 is 10.0 Å². The quantitative estimate of drug-likeness (QED) is 0.891. The number of nitrogens with one attached hydrogen (secondary N) is 1. The van der Waals surface area contributed by atoms with E-state index in [1.807, 2.05) is 26.0 Å². The number of sulfonamides is 1. The third-order valence-electron chi connectivity index (χ3n) is 2.88. The van der Waals surface area contributed by atoms with Gasteiger partial charge in [-0.2, -0.15) is 0 Å². The Morgan fingerprint density at radius 2 is 1.90 bits per heavy atom. The van der Waals surface area contributed by atoms with E-state index in [2.05, 4.69) is 4.72 Å². The third kappa shape index (κ3) is 3.20. The first-order valence-electron chi connectivity index (χ1n) is 6.25. The molecular formula is C14H17NO3S2. The molecule has 6 heteroatoms. The number of thiophene rings is 1. The number of para-hydroxylation sites is 1. The molecule has 2 aromatic rings. The van der Waals surface area contributed by atoms with E-state index in [1.165, 1.54) is 6.07 Å². The summed E-state index contributed by atoms with van der Waals surface area (Å²) in [5, 5.41) is 9.02. The molecule has 1 aromatic heterocycles. The van der Waals surface area contributed by atoms with Gasteiger partial charge in [0.05, 0.1) is 12.3 Å². The molecule has 0 fully saturated rings. The lowest BCUT2D eigenvalue weighted by atomic mass is 10.0. The molecule has 0 atom stereocenters. The maximum atomic E-state index is 12.3. The molecule has 0 aliphatic heterocycles. The van der Waals surface area contributed by atoms with Crippen LogP contribution in [-0.2, 0) is 16.6 Å². The van der Waals surface area contributed by atoms with Gasteiger partial charge < -0.3 is 5.11 Å². The van der Waals surface area contributed by atoms with Crippen molar-refractivity contribution in [3.8, 4) is 0 Å². The van der Waals surface area contributed by atoms with Gasteiger partial charge in [-0.1, -0.05) is 32.0 Å². The van der Waals surface area contributed by atoms with Crippen molar-refractivity contribution in [2.75, 3.05) is 4.72 Å². The number of hydrogen-bond donors (Lipinski definition) is 2. The van der Waals surface area contributed by atoms with Crippen molar-refractivity contribution in [2.24, 2.45) is 0 Å². The van der Waals surface area contributed by atoms with Crippen LogP contribution >= 0.6 is 11.3 Å². The summed E-state index contributed by atoms with van der Waals surface area (Å²) in [5.74, 6) is 0.227. The molecule has 108 valence electrons. The first-order chi connectivity index (χ1) is 9.44. The summed E-state index contributed by atoms with van der Waals surface area (Å²) in [6.45, 7) is 3.88. The highest BCUT2D eigenvalue weighted by atomic mass is 32.2. The molecule has 0 aliphatic carbocycles. The van der Waals surface area contributed by atoms with Gasteiger partial charge in [0.25, 0.3) is 10.0 Å². The van der Waals surface area contributed by atoms with Gasteiger partial charge in [0.1, 0.15) is 4.21 Å². The van der Waals surface area contributed by atoms with E-state index in [0.717, 1.165) is 16.9 Å². The minimum atomic E-state index is -3.60. The zero-order valence-electron chi connectivity index (χ0n) is 11.3. The Morgan fingerprint density at radius 1 is 1.20 bits per heavy atom. The highest BCUT2D eigenvalue weighted by molar-refractivity contribution is 7.94. The smallest absolute Gasteiger partial charge is 0.271 e. The second-order valence-electron chi connectivity index (χ2n) is 4.73. The zero-order chi connectivity index (χ0) is 14.8. The molecule has 4 nitrogen and oxygen atoms in total. The summed E-state index contributed by atoms with van der Waals surface area (Å²) in [7, 11) is -3.60. The summed E-state index contributed by atoms with van der Waals surface area (Å²) >= 11 is 1.07. The lowest BCUT2D eigenvalue weighted by Gasteiger charge is -2.14. The van der Waals surface area contributed by atoms with Crippen LogP contribution in [0.1, 0.15) is 30.2 Å². The van der Waals surface area contributed by atoms with Gasteiger partial charge in [0, 0.05) is 4.88 Å². The van der Waals surface area contributed by atoms with Gasteiger partial charge in [-0.05, 0) is 29.7 Å². The van der Waals surface area contributed by atoms with Gasteiger partial charge in [-0.3, -0.25) is 4.72 Å². The van der Waals surface area contributed by atoms with Crippen molar-refractivity contribution >= 4 is 27.0 Å². The van der Waals surface area contributed by atoms with E-state index in [4.69, 9.17) is 5.11 Å². The molecule has 0 saturated heterocycles. The number of benzene rings is 1. The van der Waals surface area contributed by atoms with Crippen molar-refractivity contribution in [2.45, 2.75) is 30.6 Å². The molecule has 0 amide bonds. The Balaban J connectivity index is 2.33. The van der Waals surface area contributed by atoms with E-state index in [1.54, 1.807) is 18.2 Å². The SMILES string of the molecule is CC(C)c1ccccc1NS(=O)(=O)c1ccc(CO)s1. The van der Waals surface area contributed by atoms with Crippen LogP contribution in [0.3, 0.4) is 0 Å². The number of hydrogen-bond acceptors (Lipinski definition) is 4. The molecule has 0 aliphatic rings. The standard InChI is InChI=1S/C14H17NO3S2/c1-10(2)12-5-3-4-6-13(12)15-20(17,18)14-8-7-11(9-16)19-14/h3-8,10,15-16H,9H2,1-2H3. The van der Waals surface area contributed by atoms with Crippen molar-refractivity contribution < 1.29 is 13.5 Å². The average molecular weight is 311 g/mol. The Kier molecular flexibility index (Phi) is 4.47. The largest absolute Gasteiger partial charge is 0.391 e. The topological polar surface area (TPSA) is 66.4 Å². The molecule has 0 unspecified atom stereocenters. The highest BCUT2D eigenvalue weighted by Gasteiger charge is 2.18. The number of rotatable bonds is 5. The van der Waals surface area contributed by atoms with Crippen molar-refractivity contribution in [1.82, 2.24) is 0 Å². The van der Waals surface area contributed by atoms with Gasteiger partial charge >= 0.3 is 0 Å². The van der Waals surface area contributed by atoms with Crippen LogP contribution in [-0.4, -0.2) is 13.5 Å². The minimum Gasteiger partial charge on any atom is -0.391 e. The van der Waals surface area contributed by atoms with Crippen molar-refractivity contribution in [3.05, 3.63) is 46.8 Å². The van der Waals surface area contributed by atoms with Gasteiger partial charge in [-0.25, -0.2) is 8.42 Å². The maximum absolute atomic E-state index is 12.3. The molecule has 0 saturated carbocycles. The summed E-state index contributed by atoms with van der Waals surface area (Å²) in [4.78, 5) is 0.627. The van der Waals surface area contributed by atoms with E-state index >= 15 is 0 Å². The predicted molar refractivity (Wildman–Crippen MR) is 81.6 cm³/mol. The third-order valence-corrected chi connectivity index (χ3v) is 5.81. The van der Waals surface area contributed by atoms with Crippen LogP contribution in [0.15, 0.2) is 40.6 Å². The van der Waals surface area contributed by atoms with Crippen LogP contribution < -0.4 is 4.72 Å². The molecule has 0 radical (unpaired) electrons. The molecule has 1 aromatic carbocycles. The van der Waals surface area contributed by atoms with Gasteiger partial charge in [0.15, 0.2) is 0 Å².